The van der Waals surface area contributed by atoms with Crippen molar-refractivity contribution in [3.05, 3.63) is 60.4 Å². The molecule has 1 amide bonds. The van der Waals surface area contributed by atoms with Crippen molar-refractivity contribution in [1.82, 2.24) is 29.5 Å². The van der Waals surface area contributed by atoms with Crippen molar-refractivity contribution in [2.75, 3.05) is 45.2 Å². The summed E-state index contributed by atoms with van der Waals surface area (Å²) in [6, 6.07) is 6.37. The topological polar surface area (TPSA) is 70.4 Å². The molecule has 3 heterocycles. The first-order chi connectivity index (χ1) is 15.5. The van der Waals surface area contributed by atoms with E-state index in [2.05, 4.69) is 24.9 Å². The van der Waals surface area contributed by atoms with Crippen LogP contribution in [0.3, 0.4) is 0 Å². The van der Waals surface area contributed by atoms with Crippen LogP contribution < -0.4 is 4.90 Å². The molecule has 1 aromatic carbocycles. The van der Waals surface area contributed by atoms with E-state index in [1.165, 1.54) is 12.1 Å². The maximum atomic E-state index is 13.3. The Hall–Kier alpha value is -3.33. The highest BCUT2D eigenvalue weighted by Gasteiger charge is 2.22. The van der Waals surface area contributed by atoms with Gasteiger partial charge in [0.1, 0.15) is 11.5 Å². The lowest BCUT2D eigenvalue weighted by Crippen LogP contribution is -2.46. The fourth-order valence-electron chi connectivity index (χ4n) is 3.79. The van der Waals surface area contributed by atoms with Crippen molar-refractivity contribution in [2.24, 2.45) is 0 Å². The third-order valence-corrected chi connectivity index (χ3v) is 5.61. The summed E-state index contributed by atoms with van der Waals surface area (Å²) in [6.45, 7) is 4.86. The van der Waals surface area contributed by atoms with E-state index in [1.807, 2.05) is 17.1 Å². The van der Waals surface area contributed by atoms with E-state index in [0.29, 0.717) is 13.0 Å². The number of aryl methyl sites for hydroxylation is 1. The van der Waals surface area contributed by atoms with Crippen molar-refractivity contribution in [3.8, 4) is 11.3 Å². The zero-order valence-electron chi connectivity index (χ0n) is 18.5. The molecule has 4 rings (SSSR count). The summed E-state index contributed by atoms with van der Waals surface area (Å²) < 4.78 is 15.2. The average Bonchev–Trinajstić information content (AvgIpc) is 3.25. The predicted molar refractivity (Wildman–Crippen MR) is 120 cm³/mol. The quantitative estimate of drug-likeness (QED) is 0.565. The van der Waals surface area contributed by atoms with E-state index < -0.39 is 0 Å². The standard InChI is InChI=1S/C23H28FN7O/c1-28(2)21(32)7-10-31-17-18(15-27-31)16-29-11-13-30(14-12-29)23-22(25-8-9-26-23)19-3-5-20(24)6-4-19/h3-6,8-9,15,17H,7,10-14,16H2,1-2H3. The average molecular weight is 438 g/mol. The van der Waals surface area contributed by atoms with Crippen LogP contribution in [0.5, 0.6) is 0 Å². The number of carbonyl (C=O) groups is 1. The zero-order chi connectivity index (χ0) is 22.5. The van der Waals surface area contributed by atoms with Crippen molar-refractivity contribution in [3.63, 3.8) is 0 Å². The number of nitrogens with zero attached hydrogens (tertiary/aromatic N) is 7. The second-order valence-electron chi connectivity index (χ2n) is 8.15. The number of aromatic nitrogens is 4. The van der Waals surface area contributed by atoms with Crippen LogP contribution >= 0.6 is 0 Å². The van der Waals surface area contributed by atoms with Crippen LogP contribution in [0, 0.1) is 5.82 Å². The van der Waals surface area contributed by atoms with Crippen LogP contribution in [0.2, 0.25) is 0 Å². The number of halogens is 1. The van der Waals surface area contributed by atoms with Gasteiger partial charge in [0.05, 0.1) is 6.20 Å². The first-order valence-electron chi connectivity index (χ1n) is 10.8. The zero-order valence-corrected chi connectivity index (χ0v) is 18.5. The monoisotopic (exact) mass is 437 g/mol. The Labute approximate surface area is 187 Å². The SMILES string of the molecule is CN(C)C(=O)CCn1cc(CN2CCN(c3nccnc3-c3ccc(F)cc3)CC2)cn1. The summed E-state index contributed by atoms with van der Waals surface area (Å²) in [5, 5.41) is 4.39. The second-order valence-corrected chi connectivity index (χ2v) is 8.15. The molecule has 0 radical (unpaired) electrons. The summed E-state index contributed by atoms with van der Waals surface area (Å²) in [6.07, 6.45) is 7.71. The van der Waals surface area contributed by atoms with Crippen molar-refractivity contribution in [1.29, 1.82) is 0 Å². The van der Waals surface area contributed by atoms with Crippen molar-refractivity contribution in [2.45, 2.75) is 19.5 Å². The minimum Gasteiger partial charge on any atom is -0.352 e. The lowest BCUT2D eigenvalue weighted by atomic mass is 10.1. The second kappa shape index (κ2) is 9.86. The third kappa shape index (κ3) is 5.28. The number of piperazine rings is 1. The Bertz CT molecular complexity index is 1040. The normalized spacial score (nSPS) is 14.5. The van der Waals surface area contributed by atoms with Crippen LogP contribution in [0.1, 0.15) is 12.0 Å². The molecule has 1 saturated heterocycles. The minimum absolute atomic E-state index is 0.0992. The van der Waals surface area contributed by atoms with Crippen molar-refractivity contribution < 1.29 is 9.18 Å². The molecule has 0 atom stereocenters. The molecule has 0 unspecified atom stereocenters. The van der Waals surface area contributed by atoms with Crippen LogP contribution in [0.4, 0.5) is 10.2 Å². The molecule has 32 heavy (non-hydrogen) atoms. The fourth-order valence-corrected chi connectivity index (χ4v) is 3.79. The highest BCUT2D eigenvalue weighted by molar-refractivity contribution is 5.75. The van der Waals surface area contributed by atoms with E-state index in [0.717, 1.165) is 55.4 Å². The number of amides is 1. The molecule has 1 aliphatic heterocycles. The Morgan fingerprint density at radius 1 is 1.06 bits per heavy atom. The Balaban J connectivity index is 1.34. The van der Waals surface area contributed by atoms with E-state index in [4.69, 9.17) is 0 Å². The van der Waals surface area contributed by atoms with Gasteiger partial charge in [-0.15, -0.1) is 0 Å². The molecule has 0 N–H and O–H groups in total. The van der Waals surface area contributed by atoms with Gasteiger partial charge >= 0.3 is 0 Å². The van der Waals surface area contributed by atoms with E-state index in [1.54, 1.807) is 43.5 Å². The molecule has 8 nitrogen and oxygen atoms in total. The van der Waals surface area contributed by atoms with Gasteiger partial charge in [-0.2, -0.15) is 5.10 Å². The number of rotatable bonds is 7. The Kier molecular flexibility index (Phi) is 6.75. The minimum atomic E-state index is -0.263. The maximum absolute atomic E-state index is 13.3. The van der Waals surface area contributed by atoms with Gasteiger partial charge in [-0.3, -0.25) is 19.4 Å². The molecule has 0 saturated carbocycles. The lowest BCUT2D eigenvalue weighted by Gasteiger charge is -2.35. The van der Waals surface area contributed by atoms with Crippen LogP contribution in [0.25, 0.3) is 11.3 Å². The van der Waals surface area contributed by atoms with Crippen LogP contribution in [0.15, 0.2) is 49.1 Å². The van der Waals surface area contributed by atoms with E-state index in [-0.39, 0.29) is 11.7 Å². The molecule has 9 heteroatoms. The first kappa shape index (κ1) is 21.9. The maximum Gasteiger partial charge on any atom is 0.223 e. The number of carbonyl (C=O) groups excluding carboxylic acids is 1. The Morgan fingerprint density at radius 2 is 1.78 bits per heavy atom. The molecule has 168 valence electrons. The molecular weight excluding hydrogens is 409 g/mol. The van der Waals surface area contributed by atoms with E-state index in [9.17, 15) is 9.18 Å². The van der Waals surface area contributed by atoms with Gasteiger partial charge in [0.2, 0.25) is 5.91 Å². The van der Waals surface area contributed by atoms with Crippen molar-refractivity contribution >= 4 is 11.7 Å². The molecule has 0 aliphatic carbocycles. The highest BCUT2D eigenvalue weighted by atomic mass is 19.1. The number of hydrogen-bond donors (Lipinski definition) is 0. The van der Waals surface area contributed by atoms with Gasteiger partial charge in [0.25, 0.3) is 0 Å². The van der Waals surface area contributed by atoms with Crippen LogP contribution in [-0.4, -0.2) is 75.7 Å². The van der Waals surface area contributed by atoms with Gasteiger partial charge < -0.3 is 9.80 Å². The number of benzene rings is 1. The van der Waals surface area contributed by atoms with Gasteiger partial charge in [-0.05, 0) is 24.3 Å². The summed E-state index contributed by atoms with van der Waals surface area (Å²) >= 11 is 0. The summed E-state index contributed by atoms with van der Waals surface area (Å²) in [5.74, 6) is 0.666. The van der Waals surface area contributed by atoms with Gasteiger partial charge in [-0.1, -0.05) is 0 Å². The van der Waals surface area contributed by atoms with Gasteiger partial charge in [-0.25, -0.2) is 9.37 Å². The molecule has 0 spiro atoms. The lowest BCUT2D eigenvalue weighted by molar-refractivity contribution is -0.128. The smallest absolute Gasteiger partial charge is 0.223 e. The summed E-state index contributed by atoms with van der Waals surface area (Å²) in [4.78, 5) is 27.1. The third-order valence-electron chi connectivity index (χ3n) is 5.61. The highest BCUT2D eigenvalue weighted by Crippen LogP contribution is 2.27. The molecule has 0 bridgehead atoms. The predicted octanol–water partition coefficient (Wildman–Crippen LogP) is 2.28. The van der Waals surface area contributed by atoms with Crippen LogP contribution in [-0.2, 0) is 17.9 Å². The summed E-state index contributed by atoms with van der Waals surface area (Å²) in [7, 11) is 3.53. The molecule has 2 aromatic heterocycles. The van der Waals surface area contributed by atoms with Gasteiger partial charge in [0.15, 0.2) is 5.82 Å². The molecule has 3 aromatic rings. The summed E-state index contributed by atoms with van der Waals surface area (Å²) in [5.41, 5.74) is 2.77. The number of anilines is 1. The molecular formula is C23H28FN7O. The largest absolute Gasteiger partial charge is 0.352 e. The molecule has 1 aliphatic rings. The van der Waals surface area contributed by atoms with E-state index >= 15 is 0 Å². The van der Waals surface area contributed by atoms with Gasteiger partial charge in [0, 0.05) is 89.5 Å². The Morgan fingerprint density at radius 3 is 2.50 bits per heavy atom. The fraction of sp³-hybridized carbons (Fsp3) is 0.391. The number of hydrogen-bond acceptors (Lipinski definition) is 6. The first-order valence-corrected chi connectivity index (χ1v) is 10.8. The molecule has 1 fully saturated rings.